The van der Waals surface area contributed by atoms with Gasteiger partial charge in [-0.3, -0.25) is 4.79 Å². The van der Waals surface area contributed by atoms with Crippen LogP contribution in [0.5, 0.6) is 5.88 Å². The average Bonchev–Trinajstić information content (AvgIpc) is 3.12. The number of nitrogens with one attached hydrogen (secondary N) is 1. The third-order valence-electron chi connectivity index (χ3n) is 4.77. The van der Waals surface area contributed by atoms with Crippen molar-refractivity contribution in [3.8, 4) is 5.88 Å². The summed E-state index contributed by atoms with van der Waals surface area (Å²) in [4.78, 5) is 26.9. The molecule has 6 nitrogen and oxygen atoms in total. The van der Waals surface area contributed by atoms with Gasteiger partial charge in [0, 0.05) is 25.2 Å². The normalized spacial score (nSPS) is 15.5. The molecular weight excluding hydrogens is 316 g/mol. The average molecular weight is 336 g/mol. The maximum absolute atomic E-state index is 12.7. The zero-order valence-corrected chi connectivity index (χ0v) is 14.1. The maximum Gasteiger partial charge on any atom is 0.259 e. The summed E-state index contributed by atoms with van der Waals surface area (Å²) in [5.74, 6) is 1.74. The first kappa shape index (κ1) is 15.6. The predicted octanol–water partition coefficient (Wildman–Crippen LogP) is 2.99. The minimum absolute atomic E-state index is 0.0204. The second-order valence-corrected chi connectivity index (χ2v) is 6.27. The number of pyridine rings is 1. The third-order valence-corrected chi connectivity index (χ3v) is 4.77. The van der Waals surface area contributed by atoms with Gasteiger partial charge in [0.2, 0.25) is 5.88 Å². The first-order valence-electron chi connectivity index (χ1n) is 8.49. The molecule has 1 aromatic carbocycles. The number of imidazole rings is 1. The van der Waals surface area contributed by atoms with E-state index in [1.54, 1.807) is 18.3 Å². The van der Waals surface area contributed by atoms with E-state index in [2.05, 4.69) is 9.97 Å². The van der Waals surface area contributed by atoms with Gasteiger partial charge >= 0.3 is 0 Å². The Morgan fingerprint density at radius 1 is 1.20 bits per heavy atom. The zero-order chi connectivity index (χ0) is 17.2. The standard InChI is InChI=1S/C19H20N4O2/c1-25-18-14(5-4-10-20-18)19(24)23-11-8-13(9-12-23)17-21-15-6-2-3-7-16(15)22-17/h2-7,10,13H,8-9,11-12H2,1H3,(H,21,22). The van der Waals surface area contributed by atoms with Crippen LogP contribution in [0.15, 0.2) is 42.6 Å². The van der Waals surface area contributed by atoms with Crippen LogP contribution in [-0.2, 0) is 0 Å². The molecule has 0 radical (unpaired) electrons. The topological polar surface area (TPSA) is 71.1 Å². The van der Waals surface area contributed by atoms with Crippen molar-refractivity contribution >= 4 is 16.9 Å². The molecule has 0 atom stereocenters. The molecule has 4 rings (SSSR count). The Labute approximate surface area is 145 Å². The molecule has 1 amide bonds. The minimum Gasteiger partial charge on any atom is -0.480 e. The van der Waals surface area contributed by atoms with Crippen LogP contribution in [0.4, 0.5) is 0 Å². The van der Waals surface area contributed by atoms with Crippen molar-refractivity contribution in [1.29, 1.82) is 0 Å². The smallest absolute Gasteiger partial charge is 0.259 e. The molecule has 0 spiro atoms. The Morgan fingerprint density at radius 3 is 2.76 bits per heavy atom. The van der Waals surface area contributed by atoms with Crippen molar-refractivity contribution in [1.82, 2.24) is 19.9 Å². The third kappa shape index (κ3) is 2.95. The number of piperidine rings is 1. The quantitative estimate of drug-likeness (QED) is 0.798. The van der Waals surface area contributed by atoms with E-state index >= 15 is 0 Å². The van der Waals surface area contributed by atoms with Gasteiger partial charge in [0.05, 0.1) is 18.1 Å². The Hall–Kier alpha value is -2.89. The number of carbonyl (C=O) groups excluding carboxylic acids is 1. The number of methoxy groups -OCH3 is 1. The van der Waals surface area contributed by atoms with Crippen LogP contribution in [0.3, 0.4) is 0 Å². The Bertz CT molecular complexity index is 864. The number of carbonyl (C=O) groups is 1. The van der Waals surface area contributed by atoms with Gasteiger partial charge in [-0.2, -0.15) is 0 Å². The second kappa shape index (κ2) is 6.55. The number of benzene rings is 1. The SMILES string of the molecule is COc1ncccc1C(=O)N1CCC(c2nc3ccccc3[nH]2)CC1. The van der Waals surface area contributed by atoms with Gasteiger partial charge in [-0.15, -0.1) is 0 Å². The largest absolute Gasteiger partial charge is 0.480 e. The number of hydrogen-bond acceptors (Lipinski definition) is 4. The van der Waals surface area contributed by atoms with Gasteiger partial charge in [0.15, 0.2) is 0 Å². The van der Waals surface area contributed by atoms with E-state index in [1.165, 1.54) is 7.11 Å². The van der Waals surface area contributed by atoms with Gasteiger partial charge < -0.3 is 14.6 Å². The van der Waals surface area contributed by atoms with Crippen molar-refractivity contribution in [2.24, 2.45) is 0 Å². The highest BCUT2D eigenvalue weighted by Gasteiger charge is 2.27. The fraction of sp³-hybridized carbons (Fsp3) is 0.316. The molecule has 2 aromatic heterocycles. The first-order valence-corrected chi connectivity index (χ1v) is 8.49. The molecule has 1 aliphatic rings. The lowest BCUT2D eigenvalue weighted by Crippen LogP contribution is -2.38. The fourth-order valence-electron chi connectivity index (χ4n) is 3.41. The van der Waals surface area contributed by atoms with Crippen LogP contribution in [0.25, 0.3) is 11.0 Å². The molecule has 0 saturated carbocycles. The first-order chi connectivity index (χ1) is 12.3. The van der Waals surface area contributed by atoms with Crippen molar-refractivity contribution in [3.05, 3.63) is 54.0 Å². The summed E-state index contributed by atoms with van der Waals surface area (Å²) in [6.45, 7) is 1.41. The molecule has 25 heavy (non-hydrogen) atoms. The van der Waals surface area contributed by atoms with Crippen molar-refractivity contribution in [3.63, 3.8) is 0 Å². The van der Waals surface area contributed by atoms with Gasteiger partial charge in [-0.05, 0) is 37.1 Å². The van der Waals surface area contributed by atoms with Crippen LogP contribution in [0.1, 0.15) is 34.9 Å². The van der Waals surface area contributed by atoms with Gasteiger partial charge in [0.25, 0.3) is 5.91 Å². The molecule has 6 heteroatoms. The van der Waals surface area contributed by atoms with Crippen molar-refractivity contribution in [2.75, 3.05) is 20.2 Å². The van der Waals surface area contributed by atoms with E-state index in [1.807, 2.05) is 29.2 Å². The lowest BCUT2D eigenvalue weighted by Gasteiger charge is -2.31. The number of fused-ring (bicyclic) bond motifs is 1. The summed E-state index contributed by atoms with van der Waals surface area (Å²) in [6, 6.07) is 11.6. The minimum atomic E-state index is -0.0204. The Morgan fingerprint density at radius 2 is 2.00 bits per heavy atom. The molecule has 1 N–H and O–H groups in total. The van der Waals surface area contributed by atoms with E-state index in [4.69, 9.17) is 9.72 Å². The number of aromatic amines is 1. The number of amides is 1. The van der Waals surface area contributed by atoms with E-state index in [0.29, 0.717) is 30.5 Å². The molecule has 3 heterocycles. The molecule has 128 valence electrons. The summed E-state index contributed by atoms with van der Waals surface area (Å²) >= 11 is 0. The number of ether oxygens (including phenoxy) is 1. The summed E-state index contributed by atoms with van der Waals surface area (Å²) < 4.78 is 5.21. The molecule has 1 fully saturated rings. The molecule has 0 bridgehead atoms. The fourth-order valence-corrected chi connectivity index (χ4v) is 3.41. The van der Waals surface area contributed by atoms with Crippen LogP contribution >= 0.6 is 0 Å². The Kier molecular flexibility index (Phi) is 4.09. The van der Waals surface area contributed by atoms with Crippen molar-refractivity contribution < 1.29 is 9.53 Å². The summed E-state index contributed by atoms with van der Waals surface area (Å²) in [7, 11) is 1.53. The van der Waals surface area contributed by atoms with E-state index in [9.17, 15) is 4.79 Å². The number of H-pyrrole nitrogens is 1. The lowest BCUT2D eigenvalue weighted by atomic mass is 9.95. The van der Waals surface area contributed by atoms with Crippen LogP contribution in [0.2, 0.25) is 0 Å². The lowest BCUT2D eigenvalue weighted by molar-refractivity contribution is 0.0707. The number of hydrogen-bond donors (Lipinski definition) is 1. The maximum atomic E-state index is 12.7. The number of rotatable bonds is 3. The second-order valence-electron chi connectivity index (χ2n) is 6.27. The predicted molar refractivity (Wildman–Crippen MR) is 94.8 cm³/mol. The summed E-state index contributed by atoms with van der Waals surface area (Å²) in [5.41, 5.74) is 2.58. The Balaban J connectivity index is 1.46. The van der Waals surface area contributed by atoms with Gasteiger partial charge in [-0.1, -0.05) is 12.1 Å². The highest BCUT2D eigenvalue weighted by Crippen LogP contribution is 2.29. The van der Waals surface area contributed by atoms with E-state index < -0.39 is 0 Å². The highest BCUT2D eigenvalue weighted by molar-refractivity contribution is 5.96. The highest BCUT2D eigenvalue weighted by atomic mass is 16.5. The summed E-state index contributed by atoms with van der Waals surface area (Å²) in [5, 5.41) is 0. The van der Waals surface area contributed by atoms with Crippen LogP contribution in [0, 0.1) is 0 Å². The summed E-state index contributed by atoms with van der Waals surface area (Å²) in [6.07, 6.45) is 3.42. The van der Waals surface area contributed by atoms with Gasteiger partial charge in [0.1, 0.15) is 11.4 Å². The number of nitrogens with zero attached hydrogens (tertiary/aromatic N) is 3. The van der Waals surface area contributed by atoms with Gasteiger partial charge in [-0.25, -0.2) is 9.97 Å². The van der Waals surface area contributed by atoms with E-state index in [-0.39, 0.29) is 5.91 Å². The monoisotopic (exact) mass is 336 g/mol. The van der Waals surface area contributed by atoms with Crippen LogP contribution in [-0.4, -0.2) is 46.0 Å². The van der Waals surface area contributed by atoms with Crippen LogP contribution < -0.4 is 4.74 Å². The number of aromatic nitrogens is 3. The van der Waals surface area contributed by atoms with E-state index in [0.717, 1.165) is 29.7 Å². The molecule has 0 unspecified atom stereocenters. The number of likely N-dealkylation sites (tertiary alicyclic amines) is 1. The molecular formula is C19H20N4O2. The number of para-hydroxylation sites is 2. The zero-order valence-electron chi connectivity index (χ0n) is 14.1. The molecule has 0 aliphatic carbocycles. The molecule has 1 aliphatic heterocycles. The molecule has 3 aromatic rings. The molecule has 1 saturated heterocycles. The van der Waals surface area contributed by atoms with Crippen molar-refractivity contribution in [2.45, 2.75) is 18.8 Å².